The predicted octanol–water partition coefficient (Wildman–Crippen LogP) is 2.42. The number of hydrogen-bond acceptors (Lipinski definition) is 4. The number of nitrogens with one attached hydrogen (secondary N) is 1. The molecule has 1 amide bonds. The summed E-state index contributed by atoms with van der Waals surface area (Å²) in [7, 11) is 0. The Morgan fingerprint density at radius 1 is 1.39 bits per heavy atom. The van der Waals surface area contributed by atoms with Gasteiger partial charge in [0.25, 0.3) is 5.91 Å². The minimum atomic E-state index is -1.09. The molecule has 0 radical (unpaired) electrons. The molecule has 5 nitrogen and oxygen atoms in total. The van der Waals surface area contributed by atoms with Crippen LogP contribution in [0.3, 0.4) is 0 Å². The maximum atomic E-state index is 13.3. The second kappa shape index (κ2) is 6.16. The van der Waals surface area contributed by atoms with Gasteiger partial charge in [0.05, 0.1) is 5.71 Å². The van der Waals surface area contributed by atoms with Gasteiger partial charge in [0, 0.05) is 30.9 Å². The zero-order chi connectivity index (χ0) is 16.3. The summed E-state index contributed by atoms with van der Waals surface area (Å²) in [4.78, 5) is 21.7. The number of benzene rings is 1. The van der Waals surface area contributed by atoms with Crippen LogP contribution >= 0.6 is 0 Å². The van der Waals surface area contributed by atoms with Gasteiger partial charge in [-0.2, -0.15) is 0 Å². The number of oxime groups is 1. The van der Waals surface area contributed by atoms with Crippen molar-refractivity contribution in [2.24, 2.45) is 5.16 Å². The van der Waals surface area contributed by atoms with Gasteiger partial charge in [-0.05, 0) is 30.7 Å². The minimum absolute atomic E-state index is 0.267. The molecule has 1 aromatic heterocycles. The lowest BCUT2D eigenvalue weighted by molar-refractivity contribution is -0.141. The second-order valence-corrected chi connectivity index (χ2v) is 5.59. The van der Waals surface area contributed by atoms with Crippen molar-refractivity contribution in [2.45, 2.75) is 25.5 Å². The standard InChI is InChI=1S/C17H16FN3O2/c1-17(16(22)20-11-12-4-3-7-19-10-12)9-15(21-23-17)13-5-2-6-14(18)8-13/h2-8,10H,9,11H2,1H3,(H,20,22)/t17-/m1/s1. The van der Waals surface area contributed by atoms with Crippen LogP contribution in [-0.4, -0.2) is 22.2 Å². The van der Waals surface area contributed by atoms with Gasteiger partial charge in [-0.25, -0.2) is 4.39 Å². The van der Waals surface area contributed by atoms with Gasteiger partial charge >= 0.3 is 0 Å². The van der Waals surface area contributed by atoms with Gasteiger partial charge in [-0.1, -0.05) is 23.4 Å². The van der Waals surface area contributed by atoms with E-state index in [9.17, 15) is 9.18 Å². The fourth-order valence-corrected chi connectivity index (χ4v) is 2.36. The van der Waals surface area contributed by atoms with Crippen molar-refractivity contribution in [3.8, 4) is 0 Å². The average Bonchev–Trinajstić information content (AvgIpc) is 2.97. The number of carbonyl (C=O) groups is 1. The summed E-state index contributed by atoms with van der Waals surface area (Å²) in [6, 6.07) is 9.76. The Morgan fingerprint density at radius 3 is 3.00 bits per heavy atom. The van der Waals surface area contributed by atoms with Gasteiger partial charge in [0.1, 0.15) is 5.82 Å². The number of rotatable bonds is 4. The van der Waals surface area contributed by atoms with Crippen molar-refractivity contribution in [1.29, 1.82) is 0 Å². The predicted molar refractivity (Wildman–Crippen MR) is 83.1 cm³/mol. The summed E-state index contributed by atoms with van der Waals surface area (Å²) in [5, 5.41) is 6.77. The van der Waals surface area contributed by atoms with Crippen LogP contribution in [0, 0.1) is 5.82 Å². The molecule has 1 aliphatic rings. The summed E-state index contributed by atoms with van der Waals surface area (Å²) in [6.07, 6.45) is 3.65. The molecule has 1 aromatic carbocycles. The number of halogens is 1. The fraction of sp³-hybridized carbons (Fsp3) is 0.235. The van der Waals surface area contributed by atoms with Crippen LogP contribution in [0.25, 0.3) is 0 Å². The van der Waals surface area contributed by atoms with Crippen LogP contribution in [0.1, 0.15) is 24.5 Å². The van der Waals surface area contributed by atoms with E-state index in [2.05, 4.69) is 15.5 Å². The smallest absolute Gasteiger partial charge is 0.267 e. The molecule has 1 N–H and O–H groups in total. The van der Waals surface area contributed by atoms with E-state index in [0.29, 0.717) is 17.8 Å². The Bertz CT molecular complexity index is 749. The zero-order valence-corrected chi connectivity index (χ0v) is 12.6. The maximum Gasteiger partial charge on any atom is 0.267 e. The first-order chi connectivity index (χ1) is 11.1. The summed E-state index contributed by atoms with van der Waals surface area (Å²) in [6.45, 7) is 2.03. The molecule has 1 atom stereocenters. The molecule has 118 valence electrons. The molecule has 23 heavy (non-hydrogen) atoms. The Kier molecular flexibility index (Phi) is 4.06. The van der Waals surface area contributed by atoms with E-state index in [1.54, 1.807) is 37.5 Å². The molecule has 0 saturated heterocycles. The van der Waals surface area contributed by atoms with Crippen LogP contribution in [-0.2, 0) is 16.2 Å². The molecule has 0 fully saturated rings. The molecule has 1 aliphatic heterocycles. The average molecular weight is 313 g/mol. The summed E-state index contributed by atoms with van der Waals surface area (Å²) in [5.41, 5.74) is 0.982. The highest BCUT2D eigenvalue weighted by Gasteiger charge is 2.42. The van der Waals surface area contributed by atoms with Gasteiger partial charge in [-0.15, -0.1) is 0 Å². The largest absolute Gasteiger partial charge is 0.379 e. The van der Waals surface area contributed by atoms with Crippen LogP contribution in [0.15, 0.2) is 53.9 Å². The molecular formula is C17H16FN3O2. The normalized spacial score (nSPS) is 19.8. The third-order valence-corrected chi connectivity index (χ3v) is 3.68. The molecule has 6 heteroatoms. The number of hydrogen-bond donors (Lipinski definition) is 1. The SMILES string of the molecule is C[C@]1(C(=O)NCc2cccnc2)CC(c2cccc(F)c2)=NO1. The first kappa shape index (κ1) is 15.1. The van der Waals surface area contributed by atoms with Crippen LogP contribution in [0.5, 0.6) is 0 Å². The van der Waals surface area contributed by atoms with Crippen molar-refractivity contribution in [3.63, 3.8) is 0 Å². The number of amides is 1. The van der Waals surface area contributed by atoms with Gasteiger partial charge in [0.2, 0.25) is 5.60 Å². The summed E-state index contributed by atoms with van der Waals surface area (Å²) < 4.78 is 13.3. The second-order valence-electron chi connectivity index (χ2n) is 5.59. The van der Waals surface area contributed by atoms with Crippen molar-refractivity contribution in [2.75, 3.05) is 0 Å². The molecular weight excluding hydrogens is 297 g/mol. The van der Waals surface area contributed by atoms with Crippen molar-refractivity contribution >= 4 is 11.6 Å². The van der Waals surface area contributed by atoms with Gasteiger partial charge in [-0.3, -0.25) is 9.78 Å². The van der Waals surface area contributed by atoms with E-state index in [-0.39, 0.29) is 18.1 Å². The Morgan fingerprint density at radius 2 is 2.26 bits per heavy atom. The number of carbonyl (C=O) groups excluding carboxylic acids is 1. The van der Waals surface area contributed by atoms with E-state index >= 15 is 0 Å². The maximum absolute atomic E-state index is 13.3. The summed E-state index contributed by atoms with van der Waals surface area (Å²) >= 11 is 0. The van der Waals surface area contributed by atoms with Gasteiger partial charge < -0.3 is 10.2 Å². The first-order valence-corrected chi connectivity index (χ1v) is 7.25. The molecule has 0 unspecified atom stereocenters. The zero-order valence-electron chi connectivity index (χ0n) is 12.6. The minimum Gasteiger partial charge on any atom is -0.379 e. The summed E-state index contributed by atoms with van der Waals surface area (Å²) in [5.74, 6) is -0.615. The fourth-order valence-electron chi connectivity index (χ4n) is 2.36. The van der Waals surface area contributed by atoms with Crippen molar-refractivity contribution in [1.82, 2.24) is 10.3 Å². The van der Waals surface area contributed by atoms with E-state index in [4.69, 9.17) is 4.84 Å². The molecule has 0 aliphatic carbocycles. The van der Waals surface area contributed by atoms with E-state index in [1.165, 1.54) is 12.1 Å². The van der Waals surface area contributed by atoms with Gasteiger partial charge in [0.15, 0.2) is 0 Å². The first-order valence-electron chi connectivity index (χ1n) is 7.25. The Balaban J connectivity index is 1.64. The van der Waals surface area contributed by atoms with Crippen LogP contribution in [0.2, 0.25) is 0 Å². The highest BCUT2D eigenvalue weighted by Crippen LogP contribution is 2.27. The lowest BCUT2D eigenvalue weighted by atomic mass is 9.95. The molecule has 0 spiro atoms. The lowest BCUT2D eigenvalue weighted by Crippen LogP contribution is -2.44. The highest BCUT2D eigenvalue weighted by atomic mass is 19.1. The number of aromatic nitrogens is 1. The van der Waals surface area contributed by atoms with Crippen LogP contribution < -0.4 is 5.32 Å². The topological polar surface area (TPSA) is 63.6 Å². The van der Waals surface area contributed by atoms with E-state index < -0.39 is 5.60 Å². The third kappa shape index (κ3) is 3.36. The number of pyridine rings is 1. The molecule has 2 heterocycles. The highest BCUT2D eigenvalue weighted by molar-refractivity contribution is 6.05. The molecule has 3 rings (SSSR count). The van der Waals surface area contributed by atoms with Crippen molar-refractivity contribution in [3.05, 3.63) is 65.7 Å². The Labute approximate surface area is 133 Å². The van der Waals surface area contributed by atoms with Crippen molar-refractivity contribution < 1.29 is 14.0 Å². The monoisotopic (exact) mass is 313 g/mol. The molecule has 2 aromatic rings. The Hall–Kier alpha value is -2.76. The molecule has 0 saturated carbocycles. The van der Waals surface area contributed by atoms with Crippen LogP contribution in [0.4, 0.5) is 4.39 Å². The lowest BCUT2D eigenvalue weighted by Gasteiger charge is -2.20. The van der Waals surface area contributed by atoms with E-state index in [1.807, 2.05) is 6.07 Å². The quantitative estimate of drug-likeness (QED) is 0.943. The third-order valence-electron chi connectivity index (χ3n) is 3.68. The number of nitrogens with zero attached hydrogens (tertiary/aromatic N) is 2. The molecule has 0 bridgehead atoms. The van der Waals surface area contributed by atoms with E-state index in [0.717, 1.165) is 5.56 Å².